The zero-order chi connectivity index (χ0) is 16.9. The standard InChI is InChI=1S/C17H36O3Si2/c1-7-11-12-13-14-15-16-17-19-22(6,10-4)20-21(5,9-3)18-8-2/h9-10H,3-4,7-8,11-17H2,1-2,5-6H3. The van der Waals surface area contributed by atoms with E-state index in [2.05, 4.69) is 20.1 Å². The van der Waals surface area contributed by atoms with E-state index in [-0.39, 0.29) is 0 Å². The van der Waals surface area contributed by atoms with E-state index in [1.807, 2.05) is 31.4 Å². The molecule has 3 nitrogen and oxygen atoms in total. The van der Waals surface area contributed by atoms with Gasteiger partial charge in [0.15, 0.2) is 0 Å². The number of hydrogen-bond donors (Lipinski definition) is 0. The van der Waals surface area contributed by atoms with Crippen LogP contribution in [0, 0.1) is 0 Å². The maximum Gasteiger partial charge on any atom is 0.352 e. The van der Waals surface area contributed by atoms with E-state index >= 15 is 0 Å². The fourth-order valence-corrected chi connectivity index (χ4v) is 8.00. The topological polar surface area (TPSA) is 27.7 Å². The predicted molar refractivity (Wildman–Crippen MR) is 100 cm³/mol. The molecule has 0 aromatic carbocycles. The van der Waals surface area contributed by atoms with Crippen LogP contribution in [0.1, 0.15) is 58.8 Å². The molecule has 130 valence electrons. The van der Waals surface area contributed by atoms with Gasteiger partial charge in [0.2, 0.25) is 0 Å². The molecule has 5 heteroatoms. The van der Waals surface area contributed by atoms with Crippen LogP contribution in [-0.4, -0.2) is 30.3 Å². The van der Waals surface area contributed by atoms with Gasteiger partial charge in [0.05, 0.1) is 0 Å². The maximum absolute atomic E-state index is 6.22. The van der Waals surface area contributed by atoms with Crippen LogP contribution < -0.4 is 0 Å². The minimum atomic E-state index is -2.37. The predicted octanol–water partition coefficient (Wildman–Crippen LogP) is 5.40. The Hall–Kier alpha value is -0.206. The Labute approximate surface area is 140 Å². The lowest BCUT2D eigenvalue weighted by molar-refractivity contribution is 0.205. The molecule has 0 aliphatic rings. The van der Waals surface area contributed by atoms with Gasteiger partial charge >= 0.3 is 17.1 Å². The van der Waals surface area contributed by atoms with Crippen LogP contribution in [0.2, 0.25) is 13.1 Å². The average molecular weight is 345 g/mol. The average Bonchev–Trinajstić information content (AvgIpc) is 2.50. The Kier molecular flexibility index (Phi) is 12.1. The highest BCUT2D eigenvalue weighted by atomic mass is 28.5. The van der Waals surface area contributed by atoms with Crippen molar-refractivity contribution in [3.8, 4) is 0 Å². The molecule has 2 unspecified atom stereocenters. The molecule has 22 heavy (non-hydrogen) atoms. The van der Waals surface area contributed by atoms with E-state index in [4.69, 9.17) is 13.0 Å². The molecule has 0 amide bonds. The van der Waals surface area contributed by atoms with Crippen molar-refractivity contribution in [3.05, 3.63) is 24.6 Å². The Morgan fingerprint density at radius 2 is 1.27 bits per heavy atom. The van der Waals surface area contributed by atoms with E-state index < -0.39 is 17.1 Å². The van der Waals surface area contributed by atoms with Gasteiger partial charge in [0.1, 0.15) is 0 Å². The fraction of sp³-hybridized carbons (Fsp3) is 0.765. The van der Waals surface area contributed by atoms with Crippen molar-refractivity contribution in [3.63, 3.8) is 0 Å². The summed E-state index contributed by atoms with van der Waals surface area (Å²) in [5.41, 5.74) is 3.67. The van der Waals surface area contributed by atoms with Crippen LogP contribution in [0.3, 0.4) is 0 Å². The molecule has 0 aromatic heterocycles. The lowest BCUT2D eigenvalue weighted by Crippen LogP contribution is -2.50. The van der Waals surface area contributed by atoms with Crippen molar-refractivity contribution >= 4 is 17.1 Å². The van der Waals surface area contributed by atoms with Crippen LogP contribution in [0.15, 0.2) is 24.6 Å². The van der Waals surface area contributed by atoms with Crippen LogP contribution in [0.4, 0.5) is 0 Å². The quantitative estimate of drug-likeness (QED) is 0.294. The van der Waals surface area contributed by atoms with Crippen molar-refractivity contribution in [2.75, 3.05) is 13.2 Å². The first-order valence-corrected chi connectivity index (χ1v) is 13.5. The second-order valence-corrected chi connectivity index (χ2v) is 12.2. The van der Waals surface area contributed by atoms with Gasteiger partial charge < -0.3 is 13.0 Å². The Balaban J connectivity index is 4.07. The Bertz CT molecular complexity index is 312. The first-order valence-electron chi connectivity index (χ1n) is 8.70. The third-order valence-corrected chi connectivity index (χ3v) is 10.1. The van der Waals surface area contributed by atoms with E-state index in [1.54, 1.807) is 0 Å². The fourth-order valence-electron chi connectivity index (χ4n) is 2.28. The monoisotopic (exact) mass is 344 g/mol. The summed E-state index contributed by atoms with van der Waals surface area (Å²) in [5.74, 6) is 0. The van der Waals surface area contributed by atoms with Crippen molar-refractivity contribution in [2.24, 2.45) is 0 Å². The maximum atomic E-state index is 6.22. The number of rotatable bonds is 15. The zero-order valence-electron chi connectivity index (χ0n) is 15.2. The summed E-state index contributed by atoms with van der Waals surface area (Å²) in [7, 11) is -4.71. The van der Waals surface area contributed by atoms with Gasteiger partial charge in [-0.05, 0) is 26.4 Å². The van der Waals surface area contributed by atoms with E-state index in [0.29, 0.717) is 6.61 Å². The summed E-state index contributed by atoms with van der Waals surface area (Å²) >= 11 is 0. The van der Waals surface area contributed by atoms with Crippen LogP contribution in [-0.2, 0) is 13.0 Å². The van der Waals surface area contributed by atoms with Crippen LogP contribution in [0.25, 0.3) is 0 Å². The smallest absolute Gasteiger partial charge is 0.352 e. The highest BCUT2D eigenvalue weighted by Crippen LogP contribution is 2.19. The summed E-state index contributed by atoms with van der Waals surface area (Å²) in [6.07, 6.45) is 8.97. The van der Waals surface area contributed by atoms with Gasteiger partial charge in [0, 0.05) is 13.2 Å². The van der Waals surface area contributed by atoms with Gasteiger partial charge in [-0.25, -0.2) is 0 Å². The molecule has 0 spiro atoms. The van der Waals surface area contributed by atoms with Gasteiger partial charge in [0.25, 0.3) is 0 Å². The SMILES string of the molecule is C=C[Si](C)(OCC)O[Si](C)(C=C)OCCCCCCCCC. The van der Waals surface area contributed by atoms with E-state index in [9.17, 15) is 0 Å². The molecule has 2 atom stereocenters. The third-order valence-electron chi connectivity index (χ3n) is 3.71. The van der Waals surface area contributed by atoms with E-state index in [1.165, 1.54) is 38.5 Å². The summed E-state index contributed by atoms with van der Waals surface area (Å²) in [5, 5.41) is 0. The number of hydrogen-bond acceptors (Lipinski definition) is 3. The second kappa shape index (κ2) is 12.2. The summed E-state index contributed by atoms with van der Waals surface area (Å²) in [4.78, 5) is 0. The summed E-state index contributed by atoms with van der Waals surface area (Å²) in [6, 6.07) is 0. The molecule has 0 radical (unpaired) electrons. The minimum absolute atomic E-state index is 0.633. The summed E-state index contributed by atoms with van der Waals surface area (Å²) < 4.78 is 18.0. The van der Waals surface area contributed by atoms with Gasteiger partial charge in [-0.3, -0.25) is 0 Å². The second-order valence-electron chi connectivity index (χ2n) is 5.95. The first-order chi connectivity index (χ1) is 10.4. The van der Waals surface area contributed by atoms with Crippen molar-refractivity contribution in [1.82, 2.24) is 0 Å². The van der Waals surface area contributed by atoms with Crippen LogP contribution >= 0.6 is 0 Å². The van der Waals surface area contributed by atoms with Crippen molar-refractivity contribution in [2.45, 2.75) is 71.9 Å². The van der Waals surface area contributed by atoms with Crippen molar-refractivity contribution < 1.29 is 13.0 Å². The number of unbranched alkanes of at least 4 members (excludes halogenated alkanes) is 6. The highest BCUT2D eigenvalue weighted by molar-refractivity contribution is 6.84. The molecule has 0 aromatic rings. The van der Waals surface area contributed by atoms with Crippen molar-refractivity contribution in [1.29, 1.82) is 0 Å². The molecule has 0 saturated carbocycles. The molecule has 0 bridgehead atoms. The third kappa shape index (κ3) is 9.74. The molecular weight excluding hydrogens is 308 g/mol. The molecule has 0 saturated heterocycles. The Morgan fingerprint density at radius 3 is 1.77 bits per heavy atom. The lowest BCUT2D eigenvalue weighted by atomic mass is 10.1. The Morgan fingerprint density at radius 1 is 0.773 bits per heavy atom. The molecule has 0 rings (SSSR count). The van der Waals surface area contributed by atoms with Gasteiger partial charge in [-0.2, -0.15) is 0 Å². The first kappa shape index (κ1) is 21.8. The minimum Gasteiger partial charge on any atom is -0.409 e. The molecule has 0 aliphatic heterocycles. The zero-order valence-corrected chi connectivity index (χ0v) is 17.2. The lowest BCUT2D eigenvalue weighted by Gasteiger charge is -2.33. The molecule has 0 fully saturated rings. The van der Waals surface area contributed by atoms with E-state index in [0.717, 1.165) is 13.0 Å². The largest absolute Gasteiger partial charge is 0.409 e. The highest BCUT2D eigenvalue weighted by Gasteiger charge is 2.39. The molecular formula is C17H36O3Si2. The van der Waals surface area contributed by atoms with Crippen LogP contribution in [0.5, 0.6) is 0 Å². The van der Waals surface area contributed by atoms with Gasteiger partial charge in [-0.1, -0.05) is 56.8 Å². The van der Waals surface area contributed by atoms with Gasteiger partial charge in [-0.15, -0.1) is 13.2 Å². The molecule has 0 N–H and O–H groups in total. The summed E-state index contributed by atoms with van der Waals surface area (Å²) in [6.45, 7) is 17.4. The normalized spacial score (nSPS) is 16.7. The molecule has 0 aliphatic carbocycles. The molecule has 0 heterocycles.